The van der Waals surface area contributed by atoms with E-state index in [-0.39, 0.29) is 5.54 Å². The van der Waals surface area contributed by atoms with Gasteiger partial charge in [-0.25, -0.2) is 4.98 Å². The van der Waals surface area contributed by atoms with E-state index >= 15 is 0 Å². The summed E-state index contributed by atoms with van der Waals surface area (Å²) in [4.78, 5) is 11.4. The second kappa shape index (κ2) is 6.73. The van der Waals surface area contributed by atoms with E-state index in [0.717, 1.165) is 24.0 Å². The van der Waals surface area contributed by atoms with E-state index in [1.165, 1.54) is 25.7 Å². The molecule has 0 unspecified atom stereocenters. The van der Waals surface area contributed by atoms with Gasteiger partial charge in [-0.15, -0.1) is 0 Å². The summed E-state index contributed by atoms with van der Waals surface area (Å²) in [5.41, 5.74) is 1.11. The lowest BCUT2D eigenvalue weighted by molar-refractivity contribution is 0.340. The average Bonchev–Trinajstić information content (AvgIpc) is 2.45. The van der Waals surface area contributed by atoms with E-state index in [2.05, 4.69) is 54.9 Å². The Morgan fingerprint density at radius 2 is 1.81 bits per heavy atom. The van der Waals surface area contributed by atoms with Crippen molar-refractivity contribution in [3.63, 3.8) is 0 Å². The molecule has 1 heterocycles. The molecule has 118 valence electrons. The van der Waals surface area contributed by atoms with Crippen molar-refractivity contribution in [3.05, 3.63) is 18.1 Å². The van der Waals surface area contributed by atoms with E-state index in [1.807, 2.05) is 12.4 Å². The molecule has 0 bridgehead atoms. The average molecular weight is 290 g/mol. The molecule has 1 aromatic rings. The molecule has 0 aromatic carbocycles. The normalized spacial score (nSPS) is 23.1. The van der Waals surface area contributed by atoms with E-state index in [4.69, 9.17) is 0 Å². The Hall–Kier alpha value is -1.16. The van der Waals surface area contributed by atoms with Crippen LogP contribution in [0.4, 0.5) is 5.82 Å². The molecule has 0 atom stereocenters. The van der Waals surface area contributed by atoms with E-state index in [1.54, 1.807) is 0 Å². The van der Waals surface area contributed by atoms with Crippen LogP contribution in [0.1, 0.15) is 59.1 Å². The van der Waals surface area contributed by atoms with Gasteiger partial charge < -0.3 is 10.2 Å². The fourth-order valence-corrected chi connectivity index (χ4v) is 2.79. The van der Waals surface area contributed by atoms with Crippen molar-refractivity contribution >= 4 is 5.82 Å². The lowest BCUT2D eigenvalue weighted by Crippen LogP contribution is -2.36. The van der Waals surface area contributed by atoms with Crippen molar-refractivity contribution in [2.45, 2.75) is 71.5 Å². The first kappa shape index (κ1) is 16.2. The number of nitrogens with one attached hydrogen (secondary N) is 1. The van der Waals surface area contributed by atoms with Crippen LogP contribution in [0.2, 0.25) is 0 Å². The van der Waals surface area contributed by atoms with Crippen LogP contribution in [0.5, 0.6) is 0 Å². The van der Waals surface area contributed by atoms with Gasteiger partial charge in [0.1, 0.15) is 5.82 Å². The highest BCUT2D eigenvalue weighted by Crippen LogP contribution is 2.28. The highest BCUT2D eigenvalue weighted by Gasteiger charge is 2.22. The monoisotopic (exact) mass is 290 g/mol. The van der Waals surface area contributed by atoms with Crippen molar-refractivity contribution in [3.8, 4) is 0 Å². The molecule has 4 nitrogen and oxygen atoms in total. The van der Waals surface area contributed by atoms with Gasteiger partial charge in [0, 0.05) is 25.2 Å². The summed E-state index contributed by atoms with van der Waals surface area (Å²) in [6.45, 7) is 9.60. The Morgan fingerprint density at radius 1 is 1.14 bits per heavy atom. The van der Waals surface area contributed by atoms with Crippen LogP contribution in [0, 0.1) is 5.92 Å². The second-order valence-corrected chi connectivity index (χ2v) is 7.49. The SMILES string of the molecule is CC1CCC(N(C)c2cnc(CNC(C)(C)C)cn2)CC1. The quantitative estimate of drug-likeness (QED) is 0.923. The Balaban J connectivity index is 1.92. The maximum atomic E-state index is 4.60. The van der Waals surface area contributed by atoms with Crippen LogP contribution in [0.15, 0.2) is 12.4 Å². The predicted molar refractivity (Wildman–Crippen MR) is 88.4 cm³/mol. The molecule has 21 heavy (non-hydrogen) atoms. The van der Waals surface area contributed by atoms with Crippen molar-refractivity contribution in [2.24, 2.45) is 5.92 Å². The zero-order valence-corrected chi connectivity index (χ0v) is 14.2. The molecule has 1 fully saturated rings. The summed E-state index contributed by atoms with van der Waals surface area (Å²) in [7, 11) is 2.15. The van der Waals surface area contributed by atoms with Crippen LogP contribution in [-0.4, -0.2) is 28.6 Å². The zero-order valence-electron chi connectivity index (χ0n) is 14.2. The molecular weight excluding hydrogens is 260 g/mol. The molecule has 0 aliphatic heterocycles. The Kier molecular flexibility index (Phi) is 5.20. The number of hydrogen-bond acceptors (Lipinski definition) is 4. The molecule has 1 aliphatic carbocycles. The largest absolute Gasteiger partial charge is 0.355 e. The van der Waals surface area contributed by atoms with Crippen LogP contribution >= 0.6 is 0 Å². The van der Waals surface area contributed by atoms with Gasteiger partial charge in [-0.1, -0.05) is 6.92 Å². The molecule has 1 aromatic heterocycles. The number of aromatic nitrogens is 2. The fourth-order valence-electron chi connectivity index (χ4n) is 2.79. The standard InChI is InChI=1S/C17H30N4/c1-13-6-8-15(9-7-13)21(5)16-12-18-14(10-19-16)11-20-17(2,3)4/h10,12-13,15,20H,6-9,11H2,1-5H3. The zero-order chi connectivity index (χ0) is 15.5. The van der Waals surface area contributed by atoms with Gasteiger partial charge in [0.2, 0.25) is 0 Å². The highest BCUT2D eigenvalue weighted by molar-refractivity contribution is 5.36. The number of anilines is 1. The Bertz CT molecular complexity index is 427. The lowest BCUT2D eigenvalue weighted by Gasteiger charge is -2.34. The molecule has 4 heteroatoms. The topological polar surface area (TPSA) is 41.1 Å². The van der Waals surface area contributed by atoms with E-state index in [0.29, 0.717) is 6.04 Å². The van der Waals surface area contributed by atoms with E-state index in [9.17, 15) is 0 Å². The van der Waals surface area contributed by atoms with Crippen molar-refractivity contribution in [1.82, 2.24) is 15.3 Å². The molecule has 0 radical (unpaired) electrons. The minimum atomic E-state index is 0.107. The third-order valence-electron chi connectivity index (χ3n) is 4.39. The third kappa shape index (κ3) is 4.95. The number of hydrogen-bond donors (Lipinski definition) is 1. The van der Waals surface area contributed by atoms with Gasteiger partial charge in [0.25, 0.3) is 0 Å². The van der Waals surface area contributed by atoms with Crippen LogP contribution in [-0.2, 0) is 6.54 Å². The summed E-state index contributed by atoms with van der Waals surface area (Å²) in [5, 5.41) is 3.44. The predicted octanol–water partition coefficient (Wildman–Crippen LogP) is 3.38. The van der Waals surface area contributed by atoms with Gasteiger partial charge >= 0.3 is 0 Å². The first-order chi connectivity index (χ1) is 9.85. The fraction of sp³-hybridized carbons (Fsp3) is 0.765. The minimum absolute atomic E-state index is 0.107. The van der Waals surface area contributed by atoms with Gasteiger partial charge in [0.15, 0.2) is 0 Å². The maximum Gasteiger partial charge on any atom is 0.147 e. The summed E-state index contributed by atoms with van der Waals surface area (Å²) in [6.07, 6.45) is 9.01. The molecule has 1 N–H and O–H groups in total. The summed E-state index contributed by atoms with van der Waals surface area (Å²) >= 11 is 0. The van der Waals surface area contributed by atoms with Crippen LogP contribution < -0.4 is 10.2 Å². The molecule has 2 rings (SSSR count). The van der Waals surface area contributed by atoms with E-state index < -0.39 is 0 Å². The summed E-state index contributed by atoms with van der Waals surface area (Å²) in [6, 6.07) is 0.619. The molecule has 0 saturated heterocycles. The Morgan fingerprint density at radius 3 is 2.33 bits per heavy atom. The lowest BCUT2D eigenvalue weighted by atomic mass is 9.87. The van der Waals surface area contributed by atoms with Crippen molar-refractivity contribution in [2.75, 3.05) is 11.9 Å². The number of nitrogens with zero attached hydrogens (tertiary/aromatic N) is 3. The summed E-state index contributed by atoms with van der Waals surface area (Å²) < 4.78 is 0. The van der Waals surface area contributed by atoms with Crippen LogP contribution in [0.25, 0.3) is 0 Å². The first-order valence-corrected chi connectivity index (χ1v) is 8.14. The molecule has 1 saturated carbocycles. The van der Waals surface area contributed by atoms with Gasteiger partial charge in [-0.2, -0.15) is 0 Å². The molecule has 0 amide bonds. The Labute approximate surface area is 129 Å². The minimum Gasteiger partial charge on any atom is -0.355 e. The van der Waals surface area contributed by atoms with Gasteiger partial charge in [0.05, 0.1) is 18.1 Å². The second-order valence-electron chi connectivity index (χ2n) is 7.49. The van der Waals surface area contributed by atoms with Gasteiger partial charge in [-0.05, 0) is 52.4 Å². The highest BCUT2D eigenvalue weighted by atomic mass is 15.2. The van der Waals surface area contributed by atoms with Crippen LogP contribution in [0.3, 0.4) is 0 Å². The summed E-state index contributed by atoms with van der Waals surface area (Å²) in [5.74, 6) is 1.88. The van der Waals surface area contributed by atoms with Crippen molar-refractivity contribution < 1.29 is 0 Å². The smallest absolute Gasteiger partial charge is 0.147 e. The first-order valence-electron chi connectivity index (χ1n) is 8.14. The molecular formula is C17H30N4. The molecule has 0 spiro atoms. The third-order valence-corrected chi connectivity index (χ3v) is 4.39. The number of rotatable bonds is 4. The van der Waals surface area contributed by atoms with Gasteiger partial charge in [-0.3, -0.25) is 4.98 Å². The maximum absolute atomic E-state index is 4.60. The van der Waals surface area contributed by atoms with Crippen molar-refractivity contribution in [1.29, 1.82) is 0 Å². The molecule has 1 aliphatic rings.